The van der Waals surface area contributed by atoms with E-state index in [9.17, 15) is 4.79 Å². The third-order valence-electron chi connectivity index (χ3n) is 5.14. The summed E-state index contributed by atoms with van der Waals surface area (Å²) in [5.41, 5.74) is 0.816. The van der Waals surface area contributed by atoms with E-state index in [0.717, 1.165) is 45.6 Å². The molecule has 0 bridgehead atoms. The summed E-state index contributed by atoms with van der Waals surface area (Å²) in [6.07, 6.45) is 7.34. The third-order valence-corrected chi connectivity index (χ3v) is 5.14. The molecule has 2 unspecified atom stereocenters. The Balaban J connectivity index is 1.39. The fourth-order valence-electron chi connectivity index (χ4n) is 3.79. The number of aromatic nitrogens is 2. The average Bonchev–Trinajstić information content (AvgIpc) is 3.23. The van der Waals surface area contributed by atoms with Gasteiger partial charge in [-0.2, -0.15) is 5.10 Å². The lowest BCUT2D eigenvalue weighted by Crippen LogP contribution is -2.35. The van der Waals surface area contributed by atoms with Gasteiger partial charge < -0.3 is 14.5 Å². The molecule has 1 aromatic rings. The van der Waals surface area contributed by atoms with Gasteiger partial charge in [-0.1, -0.05) is 0 Å². The molecule has 6 heteroatoms. The van der Waals surface area contributed by atoms with Crippen LogP contribution >= 0.6 is 0 Å². The van der Waals surface area contributed by atoms with Crippen LogP contribution in [0.5, 0.6) is 0 Å². The van der Waals surface area contributed by atoms with Crippen molar-refractivity contribution < 1.29 is 9.53 Å². The molecule has 1 amide bonds. The summed E-state index contributed by atoms with van der Waals surface area (Å²) in [5.74, 6) is 0.596. The van der Waals surface area contributed by atoms with Crippen molar-refractivity contribution >= 4 is 6.09 Å². The van der Waals surface area contributed by atoms with Crippen molar-refractivity contribution in [2.24, 2.45) is 5.92 Å². The molecule has 25 heavy (non-hydrogen) atoms. The van der Waals surface area contributed by atoms with Gasteiger partial charge in [0.25, 0.3) is 0 Å². The molecule has 2 aliphatic heterocycles. The molecule has 0 radical (unpaired) electrons. The monoisotopic (exact) mass is 348 g/mol. The first kappa shape index (κ1) is 18.2. The van der Waals surface area contributed by atoms with Gasteiger partial charge in [-0.15, -0.1) is 0 Å². The summed E-state index contributed by atoms with van der Waals surface area (Å²) in [6.45, 7) is 12.9. The van der Waals surface area contributed by atoms with Gasteiger partial charge in [0.05, 0.1) is 12.2 Å². The van der Waals surface area contributed by atoms with Gasteiger partial charge in [0.2, 0.25) is 0 Å². The van der Waals surface area contributed by atoms with Crippen LogP contribution in [0.3, 0.4) is 0 Å². The van der Waals surface area contributed by atoms with Gasteiger partial charge in [0.15, 0.2) is 0 Å². The van der Waals surface area contributed by atoms with Crippen LogP contribution in [0.1, 0.15) is 51.6 Å². The first-order valence-electron chi connectivity index (χ1n) is 9.51. The standard InChI is InChI=1S/C19H32N4O2/c1-15-11-20-23(12-15)17-7-9-21(14-17)8-5-16-6-10-22(13-16)18(24)25-19(2,3)4/h11-12,16-17H,5-10,13-14H2,1-4H3. The fraction of sp³-hybridized carbons (Fsp3) is 0.789. The number of rotatable bonds is 4. The molecule has 1 aromatic heterocycles. The Morgan fingerprint density at radius 3 is 2.76 bits per heavy atom. The van der Waals surface area contributed by atoms with E-state index in [1.165, 1.54) is 12.0 Å². The van der Waals surface area contributed by atoms with E-state index in [4.69, 9.17) is 4.74 Å². The number of hydrogen-bond acceptors (Lipinski definition) is 4. The Morgan fingerprint density at radius 1 is 1.28 bits per heavy atom. The lowest BCUT2D eigenvalue weighted by molar-refractivity contribution is 0.0287. The zero-order chi connectivity index (χ0) is 18.0. The highest BCUT2D eigenvalue weighted by Gasteiger charge is 2.31. The minimum atomic E-state index is -0.412. The summed E-state index contributed by atoms with van der Waals surface area (Å²) in [5, 5.41) is 4.46. The third kappa shape index (κ3) is 4.97. The Hall–Kier alpha value is -1.56. The second-order valence-electron chi connectivity index (χ2n) is 8.61. The highest BCUT2D eigenvalue weighted by atomic mass is 16.6. The molecule has 3 rings (SSSR count). The molecule has 3 heterocycles. The van der Waals surface area contributed by atoms with E-state index in [-0.39, 0.29) is 6.09 Å². The second kappa shape index (κ2) is 7.36. The van der Waals surface area contributed by atoms with Crippen LogP contribution in [-0.4, -0.2) is 64.0 Å². The van der Waals surface area contributed by atoms with E-state index in [0.29, 0.717) is 12.0 Å². The normalized spacial score (nSPS) is 24.9. The van der Waals surface area contributed by atoms with Crippen LogP contribution in [-0.2, 0) is 4.74 Å². The van der Waals surface area contributed by atoms with E-state index in [1.807, 2.05) is 31.9 Å². The maximum atomic E-state index is 12.2. The summed E-state index contributed by atoms with van der Waals surface area (Å²) >= 11 is 0. The van der Waals surface area contributed by atoms with Gasteiger partial charge >= 0.3 is 6.09 Å². The van der Waals surface area contributed by atoms with Crippen molar-refractivity contribution in [3.8, 4) is 0 Å². The minimum absolute atomic E-state index is 0.162. The number of carbonyl (C=O) groups is 1. The van der Waals surface area contributed by atoms with Gasteiger partial charge in [-0.3, -0.25) is 4.68 Å². The van der Waals surface area contributed by atoms with Crippen LogP contribution in [0.15, 0.2) is 12.4 Å². The van der Waals surface area contributed by atoms with Crippen LogP contribution in [0.25, 0.3) is 0 Å². The number of aryl methyl sites for hydroxylation is 1. The molecule has 0 N–H and O–H groups in total. The smallest absolute Gasteiger partial charge is 0.410 e. The highest BCUT2D eigenvalue weighted by molar-refractivity contribution is 5.68. The Kier molecular flexibility index (Phi) is 5.37. The molecule has 2 fully saturated rings. The predicted molar refractivity (Wildman–Crippen MR) is 97.6 cm³/mol. The topological polar surface area (TPSA) is 50.6 Å². The van der Waals surface area contributed by atoms with Crippen molar-refractivity contribution in [3.63, 3.8) is 0 Å². The molecule has 0 aromatic carbocycles. The quantitative estimate of drug-likeness (QED) is 0.839. The number of hydrogen-bond donors (Lipinski definition) is 0. The minimum Gasteiger partial charge on any atom is -0.444 e. The SMILES string of the molecule is Cc1cnn(C2CCN(CCC3CCN(C(=O)OC(C)(C)C)C3)C2)c1. The predicted octanol–water partition coefficient (Wildman–Crippen LogP) is 3.09. The number of carbonyl (C=O) groups excluding carboxylic acids is 1. The molecule has 0 saturated carbocycles. The lowest BCUT2D eigenvalue weighted by atomic mass is 10.1. The zero-order valence-corrected chi connectivity index (χ0v) is 16.1. The van der Waals surface area contributed by atoms with Crippen molar-refractivity contribution in [2.45, 2.75) is 58.6 Å². The van der Waals surface area contributed by atoms with Crippen LogP contribution in [0.4, 0.5) is 4.79 Å². The van der Waals surface area contributed by atoms with E-state index < -0.39 is 5.60 Å². The number of ether oxygens (including phenoxy) is 1. The molecule has 2 atom stereocenters. The van der Waals surface area contributed by atoms with Crippen LogP contribution < -0.4 is 0 Å². The van der Waals surface area contributed by atoms with Crippen molar-refractivity contribution in [2.75, 3.05) is 32.7 Å². The first-order valence-corrected chi connectivity index (χ1v) is 9.51. The van der Waals surface area contributed by atoms with Crippen LogP contribution in [0, 0.1) is 12.8 Å². The average molecular weight is 348 g/mol. The summed E-state index contributed by atoms with van der Waals surface area (Å²) in [7, 11) is 0. The highest BCUT2D eigenvalue weighted by Crippen LogP contribution is 2.25. The first-order chi connectivity index (χ1) is 11.8. The van der Waals surface area contributed by atoms with Gasteiger partial charge in [-0.25, -0.2) is 4.79 Å². The molecule has 0 spiro atoms. The molecule has 2 saturated heterocycles. The zero-order valence-electron chi connectivity index (χ0n) is 16.1. The molecular formula is C19H32N4O2. The molecule has 140 valence electrons. The van der Waals surface area contributed by atoms with Gasteiger partial charge in [0.1, 0.15) is 5.60 Å². The lowest BCUT2D eigenvalue weighted by Gasteiger charge is -2.24. The van der Waals surface area contributed by atoms with Crippen molar-refractivity contribution in [1.82, 2.24) is 19.6 Å². The summed E-state index contributed by atoms with van der Waals surface area (Å²) in [6, 6.07) is 0.510. The van der Waals surface area contributed by atoms with Crippen molar-refractivity contribution in [1.29, 1.82) is 0 Å². The Bertz CT molecular complexity index is 592. The molecule has 6 nitrogen and oxygen atoms in total. The number of nitrogens with zero attached hydrogens (tertiary/aromatic N) is 4. The maximum Gasteiger partial charge on any atom is 0.410 e. The molecule has 2 aliphatic rings. The molecular weight excluding hydrogens is 316 g/mol. The maximum absolute atomic E-state index is 12.2. The van der Waals surface area contributed by atoms with Gasteiger partial charge in [-0.05, 0) is 65.0 Å². The largest absolute Gasteiger partial charge is 0.444 e. The molecule has 0 aliphatic carbocycles. The van der Waals surface area contributed by atoms with Gasteiger partial charge in [0, 0.05) is 32.4 Å². The van der Waals surface area contributed by atoms with E-state index in [2.05, 4.69) is 27.8 Å². The summed E-state index contributed by atoms with van der Waals surface area (Å²) in [4.78, 5) is 16.6. The fourth-order valence-corrected chi connectivity index (χ4v) is 3.79. The summed E-state index contributed by atoms with van der Waals surface area (Å²) < 4.78 is 7.60. The Labute approximate surface area is 151 Å². The second-order valence-corrected chi connectivity index (χ2v) is 8.61. The van der Waals surface area contributed by atoms with Crippen molar-refractivity contribution in [3.05, 3.63) is 18.0 Å². The Morgan fingerprint density at radius 2 is 2.08 bits per heavy atom. The van der Waals surface area contributed by atoms with Crippen LogP contribution in [0.2, 0.25) is 0 Å². The van der Waals surface area contributed by atoms with E-state index >= 15 is 0 Å². The number of amides is 1. The number of likely N-dealkylation sites (tertiary alicyclic amines) is 2. The van der Waals surface area contributed by atoms with E-state index in [1.54, 1.807) is 0 Å².